The van der Waals surface area contributed by atoms with Crippen LogP contribution in [0.2, 0.25) is 0 Å². The highest BCUT2D eigenvalue weighted by Crippen LogP contribution is 2.38. The summed E-state index contributed by atoms with van der Waals surface area (Å²) in [5.41, 5.74) is 6.04. The fourth-order valence-electron chi connectivity index (χ4n) is 8.26. The molecule has 0 saturated heterocycles. The van der Waals surface area contributed by atoms with Crippen LogP contribution in [0.15, 0.2) is 116 Å². The van der Waals surface area contributed by atoms with Crippen molar-refractivity contribution in [2.45, 2.75) is 122 Å². The highest BCUT2D eigenvalue weighted by Gasteiger charge is 2.37. The van der Waals surface area contributed by atoms with Crippen molar-refractivity contribution >= 4 is 108 Å². The first-order valence-corrected chi connectivity index (χ1v) is 26.0. The van der Waals surface area contributed by atoms with Crippen LogP contribution in [0, 0.1) is 0 Å². The van der Waals surface area contributed by atoms with Gasteiger partial charge in [-0.25, -0.2) is 38.4 Å². The number of aliphatic carboxylic acids is 12. The lowest BCUT2D eigenvalue weighted by atomic mass is 10.00. The van der Waals surface area contributed by atoms with Crippen LogP contribution in [-0.4, -0.2) is 206 Å². The minimum absolute atomic E-state index is 0. The molecule has 5 aliphatic heterocycles. The van der Waals surface area contributed by atoms with E-state index in [1.54, 1.807) is 0 Å². The molecule has 17 N–H and O–H groups in total. The third kappa shape index (κ3) is 26.1. The number of carbonyl (C=O) groups is 14. The van der Waals surface area contributed by atoms with Gasteiger partial charge in [0.15, 0.2) is 17.7 Å². The van der Waals surface area contributed by atoms with E-state index in [1.807, 2.05) is 0 Å². The number of benzene rings is 1. The number of amides is 1. The second kappa shape index (κ2) is 38.3. The molecule has 0 unspecified atom stereocenters. The van der Waals surface area contributed by atoms with E-state index in [1.165, 1.54) is 65.5 Å². The van der Waals surface area contributed by atoms with Gasteiger partial charge in [-0.05, 0) is 83.7 Å². The summed E-state index contributed by atoms with van der Waals surface area (Å²) in [6, 6.07) is -5.68. The van der Waals surface area contributed by atoms with Gasteiger partial charge >= 0.3 is 53.7 Å². The molecule has 1 amide bonds. The van der Waals surface area contributed by atoms with Gasteiger partial charge in [-0.3, -0.25) is 24.4 Å². The molecule has 0 radical (unpaired) electrons. The number of nitrogens with two attached hydrogens (primary N) is 1. The lowest BCUT2D eigenvalue weighted by Crippen LogP contribution is -2.41. The van der Waals surface area contributed by atoms with E-state index in [0.29, 0.717) is 39.8 Å². The van der Waals surface area contributed by atoms with Crippen LogP contribution in [0.25, 0.3) is 0 Å². The largest absolute Gasteiger partial charge is 0.548 e. The van der Waals surface area contributed by atoms with Crippen LogP contribution in [0.4, 0.5) is 5.69 Å². The SMILES string of the molecule is C.C.C.NC(=O)CC[C@H](N=C/C=C1/C=C(C(=O)O)N[C@H](C(=O)O)C1)C(=O)[O-].O=C(O)C1=C/C(=C/C=[N+]2c3cc(O)c(O)cc3C[C@H]2C(=O)[O-])C[C@@H](C(=O)O)N1.O=C(O)CC[C@H](N=C/C=C1/C=C(C(=O)O)N[C@H](C(=O)O)C1)C(=O)[O-].O=C/C=C1/C=C(C(=O)O)N[C@H](C(=O)O)C1. The van der Waals surface area contributed by atoms with E-state index < -0.39 is 132 Å². The average molecular weight is 1330 g/mol. The Bertz CT molecular complexity index is 3380. The Balaban J connectivity index is 0.00000124. The number of aldehydes is 1. The van der Waals surface area contributed by atoms with E-state index >= 15 is 0 Å². The van der Waals surface area contributed by atoms with Gasteiger partial charge in [0, 0.05) is 69.0 Å². The van der Waals surface area contributed by atoms with Gasteiger partial charge in [0.2, 0.25) is 17.6 Å². The van der Waals surface area contributed by atoms with Crippen molar-refractivity contribution in [2.24, 2.45) is 15.7 Å². The molecule has 510 valence electrons. The first-order chi connectivity index (χ1) is 42.6. The van der Waals surface area contributed by atoms with Crippen LogP contribution < -0.4 is 42.3 Å². The maximum atomic E-state index is 11.5. The number of primary amides is 1. The Morgan fingerprint density at radius 2 is 0.840 bits per heavy atom. The van der Waals surface area contributed by atoms with Crippen LogP contribution in [-0.2, 0) is 73.5 Å². The topological polar surface area (TPSA) is 633 Å². The van der Waals surface area contributed by atoms with Gasteiger partial charge in [0.05, 0.1) is 30.1 Å². The molecule has 94 heavy (non-hydrogen) atoms. The Labute approximate surface area is 532 Å². The minimum atomic E-state index is -1.54. The molecule has 1 aromatic carbocycles. The second-order valence-corrected chi connectivity index (χ2v) is 19.3. The van der Waals surface area contributed by atoms with Crippen LogP contribution in [0.3, 0.4) is 0 Å². The maximum absolute atomic E-state index is 11.5. The zero-order valence-corrected chi connectivity index (χ0v) is 46.8. The summed E-state index contributed by atoms with van der Waals surface area (Å²) in [7, 11) is 0. The molecular weight excluding hydrogens is 1260 g/mol. The zero-order chi connectivity index (χ0) is 68.6. The van der Waals surface area contributed by atoms with Gasteiger partial charge < -0.3 is 113 Å². The van der Waals surface area contributed by atoms with Crippen LogP contribution >= 0.6 is 0 Å². The van der Waals surface area contributed by atoms with Gasteiger partial charge in [0.1, 0.15) is 59.2 Å². The number of hydrogen-bond acceptors (Lipinski definition) is 25. The number of carboxylic acid groups (broad SMARTS) is 12. The third-order valence-corrected chi connectivity index (χ3v) is 12.7. The predicted molar refractivity (Wildman–Crippen MR) is 316 cm³/mol. The van der Waals surface area contributed by atoms with Crippen LogP contribution in [0.5, 0.6) is 11.5 Å². The van der Waals surface area contributed by atoms with E-state index in [2.05, 4.69) is 31.3 Å². The van der Waals surface area contributed by atoms with E-state index in [9.17, 15) is 92.7 Å². The predicted octanol–water partition coefficient (Wildman–Crippen LogP) is -3.57. The molecule has 0 aliphatic carbocycles. The smallest absolute Gasteiger partial charge is 0.351 e. The lowest BCUT2D eigenvalue weighted by Gasteiger charge is -2.21. The van der Waals surface area contributed by atoms with Crippen molar-refractivity contribution in [1.82, 2.24) is 21.3 Å². The quantitative estimate of drug-likeness (QED) is 0.0166. The van der Waals surface area contributed by atoms with Crippen molar-refractivity contribution in [3.8, 4) is 11.5 Å². The van der Waals surface area contributed by atoms with Crippen molar-refractivity contribution in [3.63, 3.8) is 0 Å². The second-order valence-electron chi connectivity index (χ2n) is 19.3. The fraction of sp³-hybridized carbons (Fsp3) is 0.328. The Morgan fingerprint density at radius 3 is 1.14 bits per heavy atom. The lowest BCUT2D eigenvalue weighted by molar-refractivity contribution is -0.475. The van der Waals surface area contributed by atoms with Crippen molar-refractivity contribution in [2.75, 3.05) is 0 Å². The van der Waals surface area contributed by atoms with Gasteiger partial charge in [0.25, 0.3) is 0 Å². The molecule has 36 nitrogen and oxygen atoms in total. The van der Waals surface area contributed by atoms with E-state index in [0.717, 1.165) is 18.5 Å². The molecule has 36 heteroatoms. The summed E-state index contributed by atoms with van der Waals surface area (Å²) in [5.74, 6) is -17.1. The summed E-state index contributed by atoms with van der Waals surface area (Å²) in [4.78, 5) is 160. The summed E-state index contributed by atoms with van der Waals surface area (Å²) in [5, 5.41) is 142. The number of rotatable bonds is 23. The standard InChI is InChI=1S/C18H16N2O8.C14H17N3O7.C14H16N2O8.C9H9NO5.3CH4/c21-14-6-9-5-13(18(27)28)20(12(9)7-15(14)22)2-1-8-3-10(16(23)24)19-11(4-8)17(25)26;15-11(18)2-1-8(12(19)20)16-4-3-7-5-9(13(21)22)17-10(6-7)14(23)24;17-11(18)2-1-8(12(19)20)15-4-3-7-5-9(13(21)22)16-10(6-7)14(23)24;11-2-1-5-3-6(8(12)13)10-7(4-5)9(14)15;;;/h1-3,6-7,11,13H,4-5H2,(H5,21,22,23,24,25,26,27,28);3-5,8,10,17H,1-2,6H2,(H2,15,18)(H,19,20)(H,21,22)(H,23,24);3-5,8,10,16H,1-2,6H2,(H,17,18)(H,19,20)(H,21,22)(H,23,24);1-3,7,10H,4H2,(H,12,13)(H,14,15);3*1H4/p-2/b;7-3-,16-4?;7-3-,15-4?;5-1-;;;/t11-,13-;2*8-,10-;7-;;;/m0000.../s1. The van der Waals surface area contributed by atoms with Crippen molar-refractivity contribution in [3.05, 3.63) is 111 Å². The number of phenolic OH excluding ortho intramolecular Hbond substituents is 2. The number of fused-ring (bicyclic) bond motifs is 1. The molecule has 5 heterocycles. The summed E-state index contributed by atoms with van der Waals surface area (Å²) in [6.07, 6.45) is 13.2. The number of allylic oxidation sites excluding steroid dienone is 8. The number of nitrogens with zero attached hydrogens (tertiary/aromatic N) is 3. The molecule has 7 atom stereocenters. The zero-order valence-electron chi connectivity index (χ0n) is 46.8. The average Bonchev–Trinajstić information content (AvgIpc) is 1.64. The molecule has 1 aromatic rings. The Kier molecular flexibility index (Phi) is 33.3. The van der Waals surface area contributed by atoms with Gasteiger partial charge in [-0.2, -0.15) is 4.58 Å². The Hall–Kier alpha value is -12.3. The van der Waals surface area contributed by atoms with E-state index in [4.69, 9.17) is 51.7 Å². The molecule has 0 bridgehead atoms. The molecule has 0 saturated carbocycles. The number of aromatic hydroxyl groups is 2. The van der Waals surface area contributed by atoms with E-state index in [-0.39, 0.29) is 102 Å². The highest BCUT2D eigenvalue weighted by atomic mass is 16.4. The number of phenols is 2. The van der Waals surface area contributed by atoms with Crippen molar-refractivity contribution < 1.29 is 143 Å². The van der Waals surface area contributed by atoms with Crippen LogP contribution in [0.1, 0.15) is 79.2 Å². The number of carboxylic acids is 12. The first-order valence-electron chi connectivity index (χ1n) is 26.0. The number of nitrogens with one attached hydrogen (secondary N) is 4. The molecule has 5 aliphatic rings. The summed E-state index contributed by atoms with van der Waals surface area (Å²) >= 11 is 0. The maximum Gasteiger partial charge on any atom is 0.351 e. The molecule has 6 rings (SSSR count). The first kappa shape index (κ1) is 81.7. The third-order valence-electron chi connectivity index (χ3n) is 12.7. The summed E-state index contributed by atoms with van der Waals surface area (Å²) < 4.78 is 1.31. The minimum Gasteiger partial charge on any atom is -0.548 e. The number of hydrogen-bond donors (Lipinski definition) is 16. The molecule has 0 spiro atoms. The summed E-state index contributed by atoms with van der Waals surface area (Å²) in [6.45, 7) is 0. The molecule has 0 fully saturated rings. The normalized spacial score (nSPS) is 21.1. The van der Waals surface area contributed by atoms with Gasteiger partial charge in [-0.1, -0.05) is 22.3 Å². The molecular formula is C58H68N8O28-2. The fourth-order valence-corrected chi connectivity index (χ4v) is 8.26. The highest BCUT2D eigenvalue weighted by molar-refractivity contribution is 5.93. The number of carbonyl (C=O) groups excluding carboxylic acids is 5. The number of aliphatic imine (C=N–C) groups is 2. The van der Waals surface area contributed by atoms with Crippen molar-refractivity contribution in [1.29, 1.82) is 0 Å². The molecule has 0 aromatic heterocycles. The Morgan fingerprint density at radius 1 is 0.511 bits per heavy atom. The monoisotopic (exact) mass is 1320 g/mol. The van der Waals surface area contributed by atoms with Gasteiger partial charge in [-0.15, -0.1) is 0 Å².